The summed E-state index contributed by atoms with van der Waals surface area (Å²) in [5.41, 5.74) is 1.48. The van der Waals surface area contributed by atoms with Crippen molar-refractivity contribution in [2.45, 2.75) is 141 Å². The summed E-state index contributed by atoms with van der Waals surface area (Å²) in [6.45, 7) is 3.13. The van der Waals surface area contributed by atoms with Crippen LogP contribution in [0.25, 0.3) is 0 Å². The summed E-state index contributed by atoms with van der Waals surface area (Å²) in [5, 5.41) is 6.17. The molecule has 0 saturated heterocycles. The van der Waals surface area contributed by atoms with Crippen LogP contribution in [0.4, 0.5) is 5.69 Å². The molecule has 2 N–H and O–H groups in total. The second-order valence-electron chi connectivity index (χ2n) is 10.9. The van der Waals surface area contributed by atoms with Gasteiger partial charge in [0.05, 0.1) is 0 Å². The number of esters is 1. The van der Waals surface area contributed by atoms with Gasteiger partial charge in [-0.05, 0) is 56.4 Å². The predicted octanol–water partition coefficient (Wildman–Crippen LogP) is 8.58. The van der Waals surface area contributed by atoms with Gasteiger partial charge in [0.15, 0.2) is 0 Å². The van der Waals surface area contributed by atoms with Crippen molar-refractivity contribution < 1.29 is 14.3 Å². The number of carbonyl (C=O) groups excluding carboxylic acids is 2. The number of carbonyl (C=O) groups is 2. The number of hydrogen-bond donors (Lipinski definition) is 2. The third-order valence-corrected chi connectivity index (χ3v) is 7.50. The molecule has 1 aromatic carbocycles. The van der Waals surface area contributed by atoms with Crippen LogP contribution in [0.5, 0.6) is 0 Å². The standard InChI is InChI=1S/C32H54N2O3/c1-2-3-4-5-6-10-13-16-19-26-33-32(36)28-22-24-29(25-23-28)34-27-31(35)37-30-20-17-14-11-8-7-9-12-15-18-21-30/h22-25,30,34H,2-21,26-27H2,1H3,(H,33,36). The highest BCUT2D eigenvalue weighted by atomic mass is 16.5. The monoisotopic (exact) mass is 514 g/mol. The fourth-order valence-corrected chi connectivity index (χ4v) is 5.12. The van der Waals surface area contributed by atoms with Gasteiger partial charge in [0.2, 0.25) is 0 Å². The van der Waals surface area contributed by atoms with Crippen molar-refractivity contribution in [1.82, 2.24) is 5.32 Å². The molecule has 1 fully saturated rings. The number of nitrogens with one attached hydrogen (secondary N) is 2. The highest BCUT2D eigenvalue weighted by molar-refractivity contribution is 5.94. The Bertz CT molecular complexity index is 707. The minimum Gasteiger partial charge on any atom is -0.461 e. The molecule has 0 unspecified atom stereocenters. The van der Waals surface area contributed by atoms with Crippen molar-refractivity contribution in [3.63, 3.8) is 0 Å². The van der Waals surface area contributed by atoms with Crippen molar-refractivity contribution in [3.8, 4) is 0 Å². The van der Waals surface area contributed by atoms with Crippen molar-refractivity contribution in [3.05, 3.63) is 29.8 Å². The molecule has 37 heavy (non-hydrogen) atoms. The zero-order valence-electron chi connectivity index (χ0n) is 23.7. The molecule has 0 atom stereocenters. The van der Waals surface area contributed by atoms with E-state index in [1.807, 2.05) is 24.3 Å². The Labute approximate surface area is 226 Å². The van der Waals surface area contributed by atoms with E-state index >= 15 is 0 Å². The molecule has 0 radical (unpaired) electrons. The lowest BCUT2D eigenvalue weighted by Crippen LogP contribution is -2.25. The molecule has 5 nitrogen and oxygen atoms in total. The first-order chi connectivity index (χ1) is 18.2. The lowest BCUT2D eigenvalue weighted by Gasteiger charge is -2.19. The molecule has 210 valence electrons. The third kappa shape index (κ3) is 15.7. The normalized spacial score (nSPS) is 15.8. The molecule has 0 aromatic heterocycles. The largest absolute Gasteiger partial charge is 0.461 e. The lowest BCUT2D eigenvalue weighted by atomic mass is 9.99. The number of unbranched alkanes of at least 4 members (excludes halogenated alkanes) is 8. The van der Waals surface area contributed by atoms with Crippen LogP contribution in [-0.2, 0) is 9.53 Å². The fourth-order valence-electron chi connectivity index (χ4n) is 5.12. The van der Waals surface area contributed by atoms with E-state index in [-0.39, 0.29) is 24.5 Å². The molecule has 1 aliphatic rings. The maximum atomic E-state index is 12.5. The summed E-state index contributed by atoms with van der Waals surface area (Å²) in [5.74, 6) is -0.229. The fraction of sp³-hybridized carbons (Fsp3) is 0.750. The Hall–Kier alpha value is -2.04. The number of ether oxygens (including phenoxy) is 1. The van der Waals surface area contributed by atoms with Crippen molar-refractivity contribution in [2.75, 3.05) is 18.4 Å². The van der Waals surface area contributed by atoms with E-state index in [4.69, 9.17) is 4.74 Å². The summed E-state index contributed by atoms with van der Waals surface area (Å²) in [6.07, 6.45) is 24.9. The molecule has 1 amide bonds. The molecular weight excluding hydrogens is 460 g/mol. The lowest BCUT2D eigenvalue weighted by molar-refractivity contribution is -0.147. The molecule has 2 rings (SSSR count). The second-order valence-corrected chi connectivity index (χ2v) is 10.9. The average Bonchev–Trinajstić information content (AvgIpc) is 2.90. The molecule has 5 heteroatoms. The topological polar surface area (TPSA) is 67.4 Å². The van der Waals surface area contributed by atoms with E-state index in [0.717, 1.165) is 44.3 Å². The summed E-state index contributed by atoms with van der Waals surface area (Å²) < 4.78 is 5.81. The van der Waals surface area contributed by atoms with Crippen LogP contribution in [-0.4, -0.2) is 31.1 Å². The zero-order chi connectivity index (χ0) is 26.4. The van der Waals surface area contributed by atoms with Crippen LogP contribution in [0.15, 0.2) is 24.3 Å². The van der Waals surface area contributed by atoms with Gasteiger partial charge in [-0.3, -0.25) is 9.59 Å². The number of rotatable bonds is 15. The van der Waals surface area contributed by atoms with Crippen LogP contribution in [0.3, 0.4) is 0 Å². The molecule has 0 heterocycles. The first-order valence-electron chi connectivity index (χ1n) is 15.5. The van der Waals surface area contributed by atoms with E-state index in [2.05, 4.69) is 17.6 Å². The van der Waals surface area contributed by atoms with E-state index < -0.39 is 0 Å². The van der Waals surface area contributed by atoms with Crippen LogP contribution in [0.1, 0.15) is 146 Å². The molecule has 1 saturated carbocycles. The van der Waals surface area contributed by atoms with Crippen molar-refractivity contribution in [1.29, 1.82) is 0 Å². The first-order valence-corrected chi connectivity index (χ1v) is 15.5. The van der Waals surface area contributed by atoms with Gasteiger partial charge in [0.1, 0.15) is 12.6 Å². The summed E-state index contributed by atoms with van der Waals surface area (Å²) >= 11 is 0. The maximum absolute atomic E-state index is 12.5. The molecular formula is C32H54N2O3. The number of benzene rings is 1. The zero-order valence-corrected chi connectivity index (χ0v) is 23.7. The van der Waals surface area contributed by atoms with Gasteiger partial charge in [-0.25, -0.2) is 0 Å². The summed E-state index contributed by atoms with van der Waals surface area (Å²) in [6, 6.07) is 7.34. The first kappa shape index (κ1) is 31.2. The quantitative estimate of drug-likeness (QED) is 0.182. The van der Waals surface area contributed by atoms with Gasteiger partial charge >= 0.3 is 5.97 Å². The molecule has 0 spiro atoms. The van der Waals surface area contributed by atoms with Gasteiger partial charge in [-0.1, -0.05) is 103 Å². The van der Waals surface area contributed by atoms with Gasteiger partial charge in [-0.15, -0.1) is 0 Å². The molecule has 0 aliphatic heterocycles. The van der Waals surface area contributed by atoms with Gasteiger partial charge in [-0.2, -0.15) is 0 Å². The van der Waals surface area contributed by atoms with Crippen molar-refractivity contribution in [2.24, 2.45) is 0 Å². The van der Waals surface area contributed by atoms with Crippen LogP contribution in [0.2, 0.25) is 0 Å². The third-order valence-electron chi connectivity index (χ3n) is 7.50. The number of amides is 1. The Morgan fingerprint density at radius 1 is 0.730 bits per heavy atom. The summed E-state index contributed by atoms with van der Waals surface area (Å²) in [7, 11) is 0. The Kier molecular flexibility index (Phi) is 17.7. The Balaban J connectivity index is 1.59. The number of hydrogen-bond acceptors (Lipinski definition) is 4. The van der Waals surface area contributed by atoms with E-state index in [9.17, 15) is 9.59 Å². The minimum absolute atomic E-state index is 0.0342. The smallest absolute Gasteiger partial charge is 0.325 e. The van der Waals surface area contributed by atoms with Gasteiger partial charge in [0.25, 0.3) is 5.91 Å². The van der Waals surface area contributed by atoms with Gasteiger partial charge in [0, 0.05) is 17.8 Å². The van der Waals surface area contributed by atoms with E-state index in [1.165, 1.54) is 96.3 Å². The van der Waals surface area contributed by atoms with Crippen LogP contribution in [0, 0.1) is 0 Å². The SMILES string of the molecule is CCCCCCCCCCCNC(=O)c1ccc(NCC(=O)OC2CCCCCCCCCCC2)cc1. The minimum atomic E-state index is -0.195. The highest BCUT2D eigenvalue weighted by Gasteiger charge is 2.15. The van der Waals surface area contributed by atoms with Crippen molar-refractivity contribution >= 4 is 17.6 Å². The molecule has 1 aromatic rings. The molecule has 1 aliphatic carbocycles. The Morgan fingerprint density at radius 2 is 1.24 bits per heavy atom. The second kappa shape index (κ2) is 21.0. The molecule has 0 bridgehead atoms. The number of anilines is 1. The van der Waals surface area contributed by atoms with Gasteiger partial charge < -0.3 is 15.4 Å². The van der Waals surface area contributed by atoms with Crippen LogP contribution >= 0.6 is 0 Å². The Morgan fingerprint density at radius 3 is 1.81 bits per heavy atom. The van der Waals surface area contributed by atoms with E-state index in [0.29, 0.717) is 5.56 Å². The maximum Gasteiger partial charge on any atom is 0.325 e. The predicted molar refractivity (Wildman–Crippen MR) is 155 cm³/mol. The highest BCUT2D eigenvalue weighted by Crippen LogP contribution is 2.19. The average molecular weight is 515 g/mol. The van der Waals surface area contributed by atoms with Crippen LogP contribution < -0.4 is 10.6 Å². The van der Waals surface area contributed by atoms with E-state index in [1.54, 1.807) is 0 Å². The summed E-state index contributed by atoms with van der Waals surface area (Å²) in [4.78, 5) is 24.9.